The van der Waals surface area contributed by atoms with Crippen LogP contribution in [0.1, 0.15) is 41.7 Å². The molecule has 1 nitrogen and oxygen atoms in total. The molecule has 0 amide bonds. The molecule has 0 heterocycles. The molecule has 0 bridgehead atoms. The number of aliphatic hydroxyl groups is 1. The Balaban J connectivity index is 2.35. The van der Waals surface area contributed by atoms with Gasteiger partial charge in [-0.2, -0.15) is 0 Å². The third-order valence-corrected chi connectivity index (χ3v) is 3.83. The first-order valence-electron chi connectivity index (χ1n) is 6.64. The minimum absolute atomic E-state index is 0.561. The summed E-state index contributed by atoms with van der Waals surface area (Å²) in [5, 5.41) is 10.6. The summed E-state index contributed by atoms with van der Waals surface area (Å²) in [6, 6.07) is 14.3. The average Bonchev–Trinajstić information content (AvgIpc) is 2.41. The Morgan fingerprint density at radius 2 is 1.95 bits per heavy atom. The van der Waals surface area contributed by atoms with Crippen molar-refractivity contribution in [1.29, 1.82) is 0 Å². The highest BCUT2D eigenvalue weighted by molar-refractivity contribution is 9.10. The van der Waals surface area contributed by atoms with E-state index in [-0.39, 0.29) is 0 Å². The molecule has 0 aliphatic heterocycles. The van der Waals surface area contributed by atoms with Crippen LogP contribution in [0.5, 0.6) is 0 Å². The number of hydrogen-bond donors (Lipinski definition) is 1. The standard InChI is InChI=1S/C17H19BrO/c1-3-5-13-6-4-7-14(10-13)17(19)16-11-15(18)9-8-12(16)2/h4,6-11,17,19H,3,5H2,1-2H3. The molecule has 100 valence electrons. The molecule has 0 saturated heterocycles. The van der Waals surface area contributed by atoms with E-state index < -0.39 is 6.10 Å². The third-order valence-electron chi connectivity index (χ3n) is 3.34. The molecule has 0 aliphatic carbocycles. The van der Waals surface area contributed by atoms with Gasteiger partial charge in [-0.05, 0) is 47.7 Å². The van der Waals surface area contributed by atoms with Gasteiger partial charge in [0, 0.05) is 4.47 Å². The van der Waals surface area contributed by atoms with Gasteiger partial charge in [-0.15, -0.1) is 0 Å². The normalized spacial score (nSPS) is 12.4. The van der Waals surface area contributed by atoms with Crippen LogP contribution >= 0.6 is 15.9 Å². The number of aryl methyl sites for hydroxylation is 2. The maximum Gasteiger partial charge on any atom is 0.104 e. The van der Waals surface area contributed by atoms with Crippen LogP contribution < -0.4 is 0 Å². The molecule has 1 unspecified atom stereocenters. The highest BCUT2D eigenvalue weighted by Crippen LogP contribution is 2.28. The minimum atomic E-state index is -0.561. The van der Waals surface area contributed by atoms with Crippen LogP contribution in [0.15, 0.2) is 46.9 Å². The van der Waals surface area contributed by atoms with Crippen molar-refractivity contribution < 1.29 is 5.11 Å². The van der Waals surface area contributed by atoms with Crippen molar-refractivity contribution in [1.82, 2.24) is 0 Å². The van der Waals surface area contributed by atoms with Crippen LogP contribution in [0.3, 0.4) is 0 Å². The Bertz CT molecular complexity index is 563. The van der Waals surface area contributed by atoms with Crippen LogP contribution in [-0.4, -0.2) is 5.11 Å². The van der Waals surface area contributed by atoms with Crippen LogP contribution in [0.2, 0.25) is 0 Å². The van der Waals surface area contributed by atoms with Gasteiger partial charge in [0.05, 0.1) is 0 Å². The van der Waals surface area contributed by atoms with E-state index in [1.807, 2.05) is 37.3 Å². The molecule has 2 aromatic carbocycles. The molecule has 2 aromatic rings. The Labute approximate surface area is 123 Å². The van der Waals surface area contributed by atoms with Gasteiger partial charge in [0.1, 0.15) is 6.10 Å². The van der Waals surface area contributed by atoms with Crippen molar-refractivity contribution >= 4 is 15.9 Å². The maximum absolute atomic E-state index is 10.6. The number of rotatable bonds is 4. The van der Waals surface area contributed by atoms with Crippen LogP contribution in [-0.2, 0) is 6.42 Å². The molecule has 2 rings (SSSR count). The van der Waals surface area contributed by atoms with Gasteiger partial charge in [0.15, 0.2) is 0 Å². The largest absolute Gasteiger partial charge is 0.384 e. The topological polar surface area (TPSA) is 20.2 Å². The number of aliphatic hydroxyl groups excluding tert-OH is 1. The number of hydrogen-bond acceptors (Lipinski definition) is 1. The maximum atomic E-state index is 10.6. The Morgan fingerprint density at radius 3 is 2.68 bits per heavy atom. The van der Waals surface area contributed by atoms with Gasteiger partial charge in [-0.25, -0.2) is 0 Å². The Morgan fingerprint density at radius 1 is 1.16 bits per heavy atom. The SMILES string of the molecule is CCCc1cccc(C(O)c2cc(Br)ccc2C)c1. The Kier molecular flexibility index (Phi) is 4.78. The lowest BCUT2D eigenvalue weighted by atomic mass is 9.95. The van der Waals surface area contributed by atoms with Crippen molar-refractivity contribution in [3.8, 4) is 0 Å². The van der Waals surface area contributed by atoms with E-state index in [9.17, 15) is 5.11 Å². The highest BCUT2D eigenvalue weighted by atomic mass is 79.9. The van der Waals surface area contributed by atoms with Crippen molar-refractivity contribution in [2.75, 3.05) is 0 Å². The molecule has 0 spiro atoms. The first-order valence-corrected chi connectivity index (χ1v) is 7.44. The molecular formula is C17H19BrO. The lowest BCUT2D eigenvalue weighted by Gasteiger charge is -2.15. The summed E-state index contributed by atoms with van der Waals surface area (Å²) in [7, 11) is 0. The molecule has 0 aliphatic rings. The first kappa shape index (κ1) is 14.3. The quantitative estimate of drug-likeness (QED) is 0.859. The number of benzene rings is 2. The van der Waals surface area contributed by atoms with Gasteiger partial charge in [-0.3, -0.25) is 0 Å². The van der Waals surface area contributed by atoms with Crippen molar-refractivity contribution in [2.24, 2.45) is 0 Å². The summed E-state index contributed by atoms with van der Waals surface area (Å²) < 4.78 is 0.997. The highest BCUT2D eigenvalue weighted by Gasteiger charge is 2.13. The fourth-order valence-electron chi connectivity index (χ4n) is 2.29. The molecule has 19 heavy (non-hydrogen) atoms. The smallest absolute Gasteiger partial charge is 0.104 e. The van der Waals surface area contributed by atoms with Crippen LogP contribution in [0, 0.1) is 6.92 Å². The molecule has 0 radical (unpaired) electrons. The van der Waals surface area contributed by atoms with E-state index in [2.05, 4.69) is 35.0 Å². The second kappa shape index (κ2) is 6.36. The van der Waals surface area contributed by atoms with Gasteiger partial charge >= 0.3 is 0 Å². The monoisotopic (exact) mass is 318 g/mol. The van der Waals surface area contributed by atoms with Gasteiger partial charge in [-0.1, -0.05) is 59.6 Å². The Hall–Kier alpha value is -1.12. The predicted molar refractivity (Wildman–Crippen MR) is 83.4 cm³/mol. The fraction of sp³-hybridized carbons (Fsp3) is 0.294. The lowest BCUT2D eigenvalue weighted by molar-refractivity contribution is 0.219. The summed E-state index contributed by atoms with van der Waals surface area (Å²) in [6.07, 6.45) is 1.61. The summed E-state index contributed by atoms with van der Waals surface area (Å²) in [5.74, 6) is 0. The summed E-state index contributed by atoms with van der Waals surface area (Å²) in [6.45, 7) is 4.20. The average molecular weight is 319 g/mol. The zero-order valence-corrected chi connectivity index (χ0v) is 12.9. The van der Waals surface area contributed by atoms with Gasteiger partial charge < -0.3 is 5.11 Å². The van der Waals surface area contributed by atoms with Gasteiger partial charge in [0.2, 0.25) is 0 Å². The van der Waals surface area contributed by atoms with E-state index >= 15 is 0 Å². The van der Waals surface area contributed by atoms with E-state index in [0.717, 1.165) is 34.0 Å². The summed E-state index contributed by atoms with van der Waals surface area (Å²) in [4.78, 5) is 0. The third kappa shape index (κ3) is 3.46. The van der Waals surface area contributed by atoms with Crippen LogP contribution in [0.25, 0.3) is 0 Å². The van der Waals surface area contributed by atoms with E-state index in [1.165, 1.54) is 5.56 Å². The molecular weight excluding hydrogens is 300 g/mol. The zero-order valence-electron chi connectivity index (χ0n) is 11.4. The minimum Gasteiger partial charge on any atom is -0.384 e. The zero-order chi connectivity index (χ0) is 13.8. The molecule has 0 saturated carbocycles. The molecule has 1 N–H and O–H groups in total. The molecule has 1 atom stereocenters. The van der Waals surface area contributed by atoms with E-state index in [4.69, 9.17) is 0 Å². The molecule has 2 heteroatoms. The lowest BCUT2D eigenvalue weighted by Crippen LogP contribution is -2.02. The first-order chi connectivity index (χ1) is 9.11. The molecule has 0 aromatic heterocycles. The fourth-order valence-corrected chi connectivity index (χ4v) is 2.67. The summed E-state index contributed by atoms with van der Waals surface area (Å²) >= 11 is 3.47. The van der Waals surface area contributed by atoms with Gasteiger partial charge in [0.25, 0.3) is 0 Å². The second-order valence-electron chi connectivity index (χ2n) is 4.90. The second-order valence-corrected chi connectivity index (χ2v) is 5.81. The molecule has 0 fully saturated rings. The van der Waals surface area contributed by atoms with Crippen molar-refractivity contribution in [2.45, 2.75) is 32.8 Å². The van der Waals surface area contributed by atoms with Crippen LogP contribution in [0.4, 0.5) is 0 Å². The van der Waals surface area contributed by atoms with Crippen molar-refractivity contribution in [3.63, 3.8) is 0 Å². The van der Waals surface area contributed by atoms with Crippen molar-refractivity contribution in [3.05, 3.63) is 69.2 Å². The van der Waals surface area contributed by atoms with E-state index in [0.29, 0.717) is 0 Å². The predicted octanol–water partition coefficient (Wildman–Crippen LogP) is 4.79. The summed E-state index contributed by atoms with van der Waals surface area (Å²) in [5.41, 5.74) is 4.32. The number of halogens is 1. The van der Waals surface area contributed by atoms with E-state index in [1.54, 1.807) is 0 Å².